The normalized spacial score (nSPS) is 11.0. The van der Waals surface area contributed by atoms with Crippen LogP contribution in [0.15, 0.2) is 85.2 Å². The molecule has 0 spiro atoms. The van der Waals surface area contributed by atoms with Gasteiger partial charge in [0.2, 0.25) is 0 Å². The van der Waals surface area contributed by atoms with Crippen LogP contribution in [0, 0.1) is 6.92 Å². The van der Waals surface area contributed by atoms with E-state index in [9.17, 15) is 0 Å². The van der Waals surface area contributed by atoms with Crippen LogP contribution in [0.25, 0.3) is 22.6 Å². The average Bonchev–Trinajstić information content (AvgIpc) is 2.96. The number of hydrogen-bond donors (Lipinski definition) is 0. The van der Waals surface area contributed by atoms with Crippen molar-refractivity contribution in [1.82, 2.24) is 4.40 Å². The Bertz CT molecular complexity index is 919. The summed E-state index contributed by atoms with van der Waals surface area (Å²) >= 11 is 0. The number of imidazole rings is 1. The Labute approximate surface area is 129 Å². The smallest absolute Gasteiger partial charge is 0.195 e. The number of hydrogen-bond acceptors (Lipinski definition) is 0. The van der Waals surface area contributed by atoms with Gasteiger partial charge in [-0.25, -0.2) is 0 Å². The maximum absolute atomic E-state index is 2.25. The Morgan fingerprint density at radius 2 is 1.50 bits per heavy atom. The van der Waals surface area contributed by atoms with Crippen molar-refractivity contribution in [3.63, 3.8) is 0 Å². The number of aryl methyl sites for hydroxylation is 1. The van der Waals surface area contributed by atoms with E-state index in [1.807, 2.05) is 0 Å². The molecule has 2 nitrogen and oxygen atoms in total. The van der Waals surface area contributed by atoms with Gasteiger partial charge in [-0.3, -0.25) is 0 Å². The molecule has 0 aliphatic rings. The first-order valence-electron chi connectivity index (χ1n) is 7.47. The molecule has 0 N–H and O–H groups in total. The zero-order valence-corrected chi connectivity index (χ0v) is 12.5. The van der Waals surface area contributed by atoms with Gasteiger partial charge in [0.15, 0.2) is 5.52 Å². The van der Waals surface area contributed by atoms with E-state index in [4.69, 9.17) is 0 Å². The molecule has 0 aliphatic heterocycles. The SMILES string of the molecule is Cc1ccc(-[n+]2cc3ccccn3c2-c2ccccc2)cc1. The first kappa shape index (κ1) is 12.8. The summed E-state index contributed by atoms with van der Waals surface area (Å²) in [7, 11) is 0. The number of benzene rings is 2. The number of rotatable bonds is 2. The molecule has 0 amide bonds. The van der Waals surface area contributed by atoms with Gasteiger partial charge >= 0.3 is 0 Å². The highest BCUT2D eigenvalue weighted by Gasteiger charge is 2.20. The molecular weight excluding hydrogens is 268 g/mol. The van der Waals surface area contributed by atoms with Crippen molar-refractivity contribution in [2.45, 2.75) is 6.92 Å². The summed E-state index contributed by atoms with van der Waals surface area (Å²) in [5, 5.41) is 0. The molecule has 0 saturated heterocycles. The monoisotopic (exact) mass is 285 g/mol. The summed E-state index contributed by atoms with van der Waals surface area (Å²) in [4.78, 5) is 0. The predicted molar refractivity (Wildman–Crippen MR) is 89.1 cm³/mol. The van der Waals surface area contributed by atoms with Crippen LogP contribution >= 0.6 is 0 Å². The van der Waals surface area contributed by atoms with E-state index in [1.165, 1.54) is 28.2 Å². The van der Waals surface area contributed by atoms with Crippen molar-refractivity contribution in [3.8, 4) is 17.1 Å². The van der Waals surface area contributed by atoms with Crippen molar-refractivity contribution in [2.24, 2.45) is 0 Å². The van der Waals surface area contributed by atoms with Gasteiger partial charge in [0.25, 0.3) is 5.82 Å². The fourth-order valence-electron chi connectivity index (χ4n) is 2.83. The largest absolute Gasteiger partial charge is 0.299 e. The van der Waals surface area contributed by atoms with Gasteiger partial charge in [0.1, 0.15) is 11.9 Å². The second-order valence-corrected chi connectivity index (χ2v) is 5.52. The first-order chi connectivity index (χ1) is 10.8. The van der Waals surface area contributed by atoms with Crippen LogP contribution in [-0.2, 0) is 0 Å². The summed E-state index contributed by atoms with van der Waals surface area (Å²) in [6.45, 7) is 2.11. The van der Waals surface area contributed by atoms with Crippen molar-refractivity contribution >= 4 is 5.52 Å². The molecular formula is C20H17N2+. The van der Waals surface area contributed by atoms with Crippen LogP contribution in [0.3, 0.4) is 0 Å². The third-order valence-corrected chi connectivity index (χ3v) is 3.95. The van der Waals surface area contributed by atoms with Crippen molar-refractivity contribution in [2.75, 3.05) is 0 Å². The third-order valence-electron chi connectivity index (χ3n) is 3.95. The van der Waals surface area contributed by atoms with E-state index >= 15 is 0 Å². The molecule has 0 fully saturated rings. The van der Waals surface area contributed by atoms with Gasteiger partial charge in [-0.05, 0) is 43.3 Å². The molecule has 0 atom stereocenters. The van der Waals surface area contributed by atoms with Crippen molar-refractivity contribution in [1.29, 1.82) is 0 Å². The summed E-state index contributed by atoms with van der Waals surface area (Å²) in [5.74, 6) is 1.17. The van der Waals surface area contributed by atoms with Crippen LogP contribution in [0.5, 0.6) is 0 Å². The fourth-order valence-corrected chi connectivity index (χ4v) is 2.83. The molecule has 0 radical (unpaired) electrons. The molecule has 2 aromatic heterocycles. The minimum atomic E-state index is 1.17. The van der Waals surface area contributed by atoms with E-state index in [0.29, 0.717) is 0 Å². The van der Waals surface area contributed by atoms with Gasteiger partial charge in [0.05, 0.1) is 11.8 Å². The summed E-state index contributed by atoms with van der Waals surface area (Å²) in [6.07, 6.45) is 4.30. The number of pyridine rings is 1. The third kappa shape index (κ3) is 2.09. The Kier molecular flexibility index (Phi) is 3.01. The van der Waals surface area contributed by atoms with Crippen LogP contribution in [0.4, 0.5) is 0 Å². The topological polar surface area (TPSA) is 8.29 Å². The minimum absolute atomic E-state index is 1.17. The number of nitrogens with zero attached hydrogens (tertiary/aromatic N) is 2. The molecule has 0 saturated carbocycles. The van der Waals surface area contributed by atoms with E-state index in [2.05, 4.69) is 101 Å². The molecule has 4 aromatic rings. The molecule has 2 heterocycles. The molecule has 2 heteroatoms. The lowest BCUT2D eigenvalue weighted by Gasteiger charge is -2.02. The standard InChI is InChI=1S/C20H17N2/c1-16-10-12-18(13-11-16)22-15-19-9-5-6-14-21(19)20(22)17-7-3-2-4-8-17/h2-15H,1H3/q+1. The molecule has 106 valence electrons. The van der Waals surface area contributed by atoms with Gasteiger partial charge in [0, 0.05) is 0 Å². The molecule has 4 rings (SSSR count). The molecule has 0 bridgehead atoms. The zero-order valence-electron chi connectivity index (χ0n) is 12.5. The maximum atomic E-state index is 2.25. The first-order valence-corrected chi connectivity index (χ1v) is 7.47. The number of fused-ring (bicyclic) bond motifs is 1. The second-order valence-electron chi connectivity index (χ2n) is 5.52. The van der Waals surface area contributed by atoms with Gasteiger partial charge in [-0.2, -0.15) is 8.97 Å². The fraction of sp³-hybridized carbons (Fsp3) is 0.0500. The minimum Gasteiger partial charge on any atom is -0.195 e. The van der Waals surface area contributed by atoms with Crippen LogP contribution < -0.4 is 4.57 Å². The van der Waals surface area contributed by atoms with Crippen LogP contribution in [0.2, 0.25) is 0 Å². The Morgan fingerprint density at radius 1 is 0.773 bits per heavy atom. The lowest BCUT2D eigenvalue weighted by atomic mass is 10.2. The predicted octanol–water partition coefficient (Wildman–Crippen LogP) is 4.19. The van der Waals surface area contributed by atoms with E-state index in [-0.39, 0.29) is 0 Å². The van der Waals surface area contributed by atoms with Crippen LogP contribution in [0.1, 0.15) is 5.56 Å². The summed E-state index contributed by atoms with van der Waals surface area (Å²) < 4.78 is 4.49. The highest BCUT2D eigenvalue weighted by molar-refractivity contribution is 5.59. The number of aromatic nitrogens is 2. The van der Waals surface area contributed by atoms with Gasteiger partial charge in [-0.1, -0.05) is 42.0 Å². The van der Waals surface area contributed by atoms with E-state index in [1.54, 1.807) is 0 Å². The Hall–Kier alpha value is -2.87. The Morgan fingerprint density at radius 3 is 2.27 bits per heavy atom. The zero-order chi connectivity index (χ0) is 14.9. The Balaban J connectivity index is 2.04. The van der Waals surface area contributed by atoms with Gasteiger partial charge < -0.3 is 0 Å². The lowest BCUT2D eigenvalue weighted by Crippen LogP contribution is -2.31. The second kappa shape index (κ2) is 5.15. The van der Waals surface area contributed by atoms with Gasteiger partial charge in [-0.15, -0.1) is 0 Å². The highest BCUT2D eigenvalue weighted by atomic mass is 15.1. The maximum Gasteiger partial charge on any atom is 0.299 e. The molecule has 22 heavy (non-hydrogen) atoms. The van der Waals surface area contributed by atoms with E-state index in [0.717, 1.165) is 0 Å². The highest BCUT2D eigenvalue weighted by Crippen LogP contribution is 2.20. The van der Waals surface area contributed by atoms with Crippen molar-refractivity contribution in [3.05, 3.63) is 90.8 Å². The molecule has 2 aromatic carbocycles. The average molecular weight is 285 g/mol. The molecule has 0 aliphatic carbocycles. The summed E-state index contributed by atoms with van der Waals surface area (Å²) in [6, 6.07) is 25.4. The van der Waals surface area contributed by atoms with Crippen LogP contribution in [-0.4, -0.2) is 4.40 Å². The lowest BCUT2D eigenvalue weighted by molar-refractivity contribution is -0.582. The van der Waals surface area contributed by atoms with E-state index < -0.39 is 0 Å². The molecule has 0 unspecified atom stereocenters. The quantitative estimate of drug-likeness (QED) is 0.488. The summed E-state index contributed by atoms with van der Waals surface area (Å²) in [5.41, 5.74) is 4.83. The van der Waals surface area contributed by atoms with Crippen molar-refractivity contribution < 1.29 is 4.57 Å².